The van der Waals surface area contributed by atoms with Gasteiger partial charge in [0.1, 0.15) is 0 Å². The van der Waals surface area contributed by atoms with Gasteiger partial charge in [0, 0.05) is 20.2 Å². The monoisotopic (exact) mass is 362 g/mol. The molecule has 4 nitrogen and oxygen atoms in total. The summed E-state index contributed by atoms with van der Waals surface area (Å²) in [7, 11) is 0. The zero-order chi connectivity index (χ0) is 18.3. The number of thiophene rings is 1. The molecule has 3 aromatic carbocycles. The van der Waals surface area contributed by atoms with Gasteiger partial charge in [0.2, 0.25) is 0 Å². The van der Waals surface area contributed by atoms with E-state index >= 15 is 0 Å². The Kier molecular flexibility index (Phi) is 3.93. The number of aromatic carboxylic acids is 1. The van der Waals surface area contributed by atoms with Crippen molar-refractivity contribution in [3.63, 3.8) is 0 Å². The van der Waals surface area contributed by atoms with Crippen LogP contribution in [0.1, 0.15) is 15.9 Å². The Morgan fingerprint density at radius 1 is 0.885 bits per heavy atom. The molecule has 0 saturated heterocycles. The number of hydrogen-bond acceptors (Lipinski definition) is 3. The Labute approximate surface area is 152 Å². The van der Waals surface area contributed by atoms with E-state index in [0.29, 0.717) is 5.56 Å². The predicted octanol–water partition coefficient (Wildman–Crippen LogP) is 5.05. The van der Waals surface area contributed by atoms with E-state index in [1.54, 1.807) is 23.5 Å². The van der Waals surface area contributed by atoms with Crippen molar-refractivity contribution in [1.29, 1.82) is 0 Å². The molecule has 0 radical (unpaired) electrons. The lowest BCUT2D eigenvalue weighted by atomic mass is 9.96. The molecule has 5 heteroatoms. The van der Waals surface area contributed by atoms with Gasteiger partial charge in [-0.25, -0.2) is 4.79 Å². The molecule has 4 aromatic rings. The van der Waals surface area contributed by atoms with Gasteiger partial charge in [0.25, 0.3) is 0 Å². The van der Waals surface area contributed by atoms with Crippen LogP contribution in [-0.2, 0) is 11.2 Å². The second kappa shape index (κ2) is 6.28. The lowest BCUT2D eigenvalue weighted by Gasteiger charge is -2.09. The van der Waals surface area contributed by atoms with Gasteiger partial charge in [0.05, 0.1) is 12.0 Å². The van der Waals surface area contributed by atoms with Gasteiger partial charge in [0.15, 0.2) is 0 Å². The van der Waals surface area contributed by atoms with Crippen molar-refractivity contribution in [2.45, 2.75) is 6.42 Å². The van der Waals surface area contributed by atoms with Crippen LogP contribution in [-0.4, -0.2) is 22.2 Å². The summed E-state index contributed by atoms with van der Waals surface area (Å²) in [6, 6.07) is 19.1. The average Bonchev–Trinajstić information content (AvgIpc) is 2.99. The largest absolute Gasteiger partial charge is 0.481 e. The molecule has 0 amide bonds. The molecule has 0 saturated carbocycles. The van der Waals surface area contributed by atoms with Gasteiger partial charge in [-0.3, -0.25) is 4.79 Å². The number of carbonyl (C=O) groups is 2. The summed E-state index contributed by atoms with van der Waals surface area (Å²) in [4.78, 5) is 22.5. The number of aliphatic carboxylic acids is 1. The Morgan fingerprint density at radius 3 is 2.42 bits per heavy atom. The molecular formula is C21H14O4S. The third-order valence-corrected chi connectivity index (χ3v) is 5.61. The molecule has 0 aliphatic rings. The molecule has 4 rings (SSSR count). The summed E-state index contributed by atoms with van der Waals surface area (Å²) in [6.45, 7) is 0. The molecule has 26 heavy (non-hydrogen) atoms. The zero-order valence-corrected chi connectivity index (χ0v) is 14.4. The molecule has 0 aliphatic carbocycles. The summed E-state index contributed by atoms with van der Waals surface area (Å²) in [5.41, 5.74) is 2.14. The summed E-state index contributed by atoms with van der Waals surface area (Å²) in [5, 5.41) is 20.8. The molecule has 1 aromatic heterocycles. The van der Waals surface area contributed by atoms with Gasteiger partial charge in [-0.2, -0.15) is 0 Å². The van der Waals surface area contributed by atoms with Crippen LogP contribution in [0.5, 0.6) is 0 Å². The molecule has 1 heterocycles. The number of fused-ring (bicyclic) bond motifs is 3. The molecule has 2 N–H and O–H groups in total. The van der Waals surface area contributed by atoms with Crippen molar-refractivity contribution in [3.8, 4) is 11.1 Å². The maximum Gasteiger partial charge on any atom is 0.335 e. The fraction of sp³-hybridized carbons (Fsp3) is 0.0476. The van der Waals surface area contributed by atoms with Crippen molar-refractivity contribution in [3.05, 3.63) is 71.8 Å². The van der Waals surface area contributed by atoms with Crippen molar-refractivity contribution >= 4 is 43.4 Å². The zero-order valence-electron chi connectivity index (χ0n) is 13.6. The maximum atomic E-state index is 11.4. The first-order valence-electron chi connectivity index (χ1n) is 8.03. The second-order valence-corrected chi connectivity index (χ2v) is 7.08. The fourth-order valence-electron chi connectivity index (χ4n) is 3.25. The van der Waals surface area contributed by atoms with Crippen LogP contribution in [0.25, 0.3) is 31.3 Å². The van der Waals surface area contributed by atoms with Crippen molar-refractivity contribution in [2.75, 3.05) is 0 Å². The molecule has 128 valence electrons. The standard InChI is InChI=1S/C21H14O4S/c22-19(23)11-13-10-12(8-9-15(13)21(24)25)14-5-3-6-17-16-4-1-2-7-18(16)26-20(14)17/h1-10H,11H2,(H,22,23)(H,24,25). The average molecular weight is 362 g/mol. The highest BCUT2D eigenvalue weighted by Gasteiger charge is 2.16. The van der Waals surface area contributed by atoms with Crippen LogP contribution in [0.4, 0.5) is 0 Å². The third kappa shape index (κ3) is 2.72. The highest BCUT2D eigenvalue weighted by atomic mass is 32.1. The van der Waals surface area contributed by atoms with E-state index in [4.69, 9.17) is 5.11 Å². The molecule has 0 aliphatic heterocycles. The number of hydrogen-bond donors (Lipinski definition) is 2. The van der Waals surface area contributed by atoms with Crippen LogP contribution < -0.4 is 0 Å². The van der Waals surface area contributed by atoms with Crippen LogP contribution in [0.15, 0.2) is 60.7 Å². The second-order valence-electron chi connectivity index (χ2n) is 6.03. The third-order valence-electron chi connectivity index (χ3n) is 4.39. The van der Waals surface area contributed by atoms with Gasteiger partial charge in [-0.1, -0.05) is 42.5 Å². The van der Waals surface area contributed by atoms with Crippen LogP contribution in [0, 0.1) is 0 Å². The summed E-state index contributed by atoms with van der Waals surface area (Å²) < 4.78 is 2.29. The van der Waals surface area contributed by atoms with Gasteiger partial charge < -0.3 is 10.2 Å². The van der Waals surface area contributed by atoms with E-state index in [1.165, 1.54) is 16.2 Å². The molecule has 0 fully saturated rings. The van der Waals surface area contributed by atoms with E-state index < -0.39 is 11.9 Å². The molecule has 0 spiro atoms. The summed E-state index contributed by atoms with van der Waals surface area (Å²) in [6.07, 6.45) is -0.322. The normalized spacial score (nSPS) is 11.1. The first-order chi connectivity index (χ1) is 12.5. The number of carboxylic acids is 2. The van der Waals surface area contributed by atoms with Gasteiger partial charge in [-0.05, 0) is 34.9 Å². The Bertz CT molecular complexity index is 1170. The van der Waals surface area contributed by atoms with E-state index in [2.05, 4.69) is 18.2 Å². The van der Waals surface area contributed by atoms with Gasteiger partial charge >= 0.3 is 11.9 Å². The lowest BCUT2D eigenvalue weighted by Crippen LogP contribution is -2.08. The Morgan fingerprint density at radius 2 is 1.65 bits per heavy atom. The van der Waals surface area contributed by atoms with E-state index in [0.717, 1.165) is 21.2 Å². The summed E-state index contributed by atoms with van der Waals surface area (Å²) in [5.74, 6) is -2.17. The fourth-order valence-corrected chi connectivity index (χ4v) is 4.49. The van der Waals surface area contributed by atoms with Crippen LogP contribution >= 0.6 is 11.3 Å². The SMILES string of the molecule is O=C(O)Cc1cc(-c2cccc3c2sc2ccccc23)ccc1C(=O)O. The van der Waals surface area contributed by atoms with Gasteiger partial charge in [-0.15, -0.1) is 11.3 Å². The minimum absolute atomic E-state index is 0.0275. The number of benzene rings is 3. The molecule has 0 bridgehead atoms. The first kappa shape index (κ1) is 16.3. The highest BCUT2D eigenvalue weighted by molar-refractivity contribution is 7.26. The van der Waals surface area contributed by atoms with E-state index in [9.17, 15) is 14.7 Å². The maximum absolute atomic E-state index is 11.4. The molecule has 0 atom stereocenters. The first-order valence-corrected chi connectivity index (χ1v) is 8.85. The topological polar surface area (TPSA) is 74.6 Å². The van der Waals surface area contributed by atoms with E-state index in [1.807, 2.05) is 24.3 Å². The van der Waals surface area contributed by atoms with Crippen LogP contribution in [0.2, 0.25) is 0 Å². The Balaban J connectivity index is 1.95. The smallest absolute Gasteiger partial charge is 0.335 e. The number of rotatable bonds is 4. The van der Waals surface area contributed by atoms with Crippen molar-refractivity contribution in [1.82, 2.24) is 0 Å². The quantitative estimate of drug-likeness (QED) is 0.533. The number of carboxylic acid groups (broad SMARTS) is 2. The molecule has 0 unspecified atom stereocenters. The van der Waals surface area contributed by atoms with Crippen molar-refractivity contribution in [2.24, 2.45) is 0 Å². The molecular weight excluding hydrogens is 348 g/mol. The lowest BCUT2D eigenvalue weighted by molar-refractivity contribution is -0.136. The summed E-state index contributed by atoms with van der Waals surface area (Å²) >= 11 is 1.68. The predicted molar refractivity (Wildman–Crippen MR) is 103 cm³/mol. The Hall–Kier alpha value is -3.18. The van der Waals surface area contributed by atoms with Crippen molar-refractivity contribution < 1.29 is 19.8 Å². The highest BCUT2D eigenvalue weighted by Crippen LogP contribution is 2.40. The minimum Gasteiger partial charge on any atom is -0.481 e. The van der Waals surface area contributed by atoms with E-state index in [-0.39, 0.29) is 12.0 Å². The van der Waals surface area contributed by atoms with Crippen LogP contribution in [0.3, 0.4) is 0 Å². The minimum atomic E-state index is -1.12.